The van der Waals surface area contributed by atoms with Gasteiger partial charge in [-0.2, -0.15) is 0 Å². The molecule has 0 heterocycles. The van der Waals surface area contributed by atoms with Crippen LogP contribution in [0.5, 0.6) is 0 Å². The van der Waals surface area contributed by atoms with E-state index < -0.39 is 16.0 Å². The van der Waals surface area contributed by atoms with Crippen molar-refractivity contribution in [3.8, 4) is 0 Å². The molecule has 4 nitrogen and oxygen atoms in total. The molecular formula is C15H21NO3S. The molecule has 1 unspecified atom stereocenters. The van der Waals surface area contributed by atoms with Crippen LogP contribution in [0.15, 0.2) is 18.2 Å². The van der Waals surface area contributed by atoms with Crippen molar-refractivity contribution in [3.05, 3.63) is 29.3 Å². The summed E-state index contributed by atoms with van der Waals surface area (Å²) in [5, 5.41) is 11.5. The van der Waals surface area contributed by atoms with Gasteiger partial charge in [0.15, 0.2) is 0 Å². The Labute approximate surface area is 124 Å². The zero-order valence-electron chi connectivity index (χ0n) is 12.5. The van der Waals surface area contributed by atoms with Gasteiger partial charge in [-0.1, -0.05) is 12.1 Å². The van der Waals surface area contributed by atoms with E-state index in [1.165, 1.54) is 0 Å². The molecule has 0 bridgehead atoms. The molecule has 1 amide bonds. The van der Waals surface area contributed by atoms with Crippen LogP contribution in [-0.2, 0) is 9.59 Å². The molecule has 0 aliphatic heterocycles. The fourth-order valence-electron chi connectivity index (χ4n) is 1.65. The van der Waals surface area contributed by atoms with E-state index >= 15 is 0 Å². The summed E-state index contributed by atoms with van der Waals surface area (Å²) >= 11 is 1.14. The van der Waals surface area contributed by atoms with E-state index in [4.69, 9.17) is 5.11 Å². The van der Waals surface area contributed by atoms with Crippen molar-refractivity contribution in [2.45, 2.75) is 44.6 Å². The van der Waals surface area contributed by atoms with Gasteiger partial charge in [0.2, 0.25) is 5.91 Å². The van der Waals surface area contributed by atoms with E-state index in [9.17, 15) is 9.59 Å². The number of carboxylic acids is 1. The van der Waals surface area contributed by atoms with Crippen LogP contribution in [0, 0.1) is 13.8 Å². The second-order valence-corrected chi connectivity index (χ2v) is 7.35. The van der Waals surface area contributed by atoms with Crippen molar-refractivity contribution < 1.29 is 14.7 Å². The Morgan fingerprint density at radius 3 is 2.45 bits per heavy atom. The van der Waals surface area contributed by atoms with Gasteiger partial charge in [0.25, 0.3) is 0 Å². The van der Waals surface area contributed by atoms with Gasteiger partial charge in [0.05, 0.1) is 5.25 Å². The average Bonchev–Trinajstić information content (AvgIpc) is 2.33. The first-order valence-electron chi connectivity index (χ1n) is 6.43. The number of amides is 1. The predicted molar refractivity (Wildman–Crippen MR) is 83.3 cm³/mol. The van der Waals surface area contributed by atoms with Gasteiger partial charge in [-0.05, 0) is 51.8 Å². The number of aryl methyl sites for hydroxylation is 2. The lowest BCUT2D eigenvalue weighted by Crippen LogP contribution is -2.33. The minimum atomic E-state index is -0.988. The number of benzene rings is 1. The fraction of sp³-hybridized carbons (Fsp3) is 0.467. The minimum Gasteiger partial charge on any atom is -0.480 e. The standard InChI is InChI=1S/C15H21NO3S/c1-9-6-7-10(2)12(8-9)16-13(17)11(3)20-15(4,5)14(18)19/h6-8,11H,1-5H3,(H,16,17)(H,18,19). The van der Waals surface area contributed by atoms with Gasteiger partial charge in [-0.25, -0.2) is 0 Å². The number of anilines is 1. The normalized spacial score (nSPS) is 12.8. The van der Waals surface area contributed by atoms with E-state index in [1.54, 1.807) is 20.8 Å². The first kappa shape index (κ1) is 16.6. The second kappa shape index (κ2) is 6.31. The molecule has 0 saturated heterocycles. The molecular weight excluding hydrogens is 274 g/mol. The Balaban J connectivity index is 2.76. The maximum atomic E-state index is 12.2. The molecule has 20 heavy (non-hydrogen) atoms. The van der Waals surface area contributed by atoms with Crippen LogP contribution in [0.1, 0.15) is 31.9 Å². The van der Waals surface area contributed by atoms with Crippen molar-refractivity contribution >= 4 is 29.3 Å². The SMILES string of the molecule is Cc1ccc(C)c(NC(=O)C(C)SC(C)(C)C(=O)O)c1. The quantitative estimate of drug-likeness (QED) is 0.875. The summed E-state index contributed by atoms with van der Waals surface area (Å²) in [7, 11) is 0. The van der Waals surface area contributed by atoms with Crippen LogP contribution >= 0.6 is 11.8 Å². The topological polar surface area (TPSA) is 66.4 Å². The van der Waals surface area contributed by atoms with Crippen LogP contribution < -0.4 is 5.32 Å². The number of nitrogens with one attached hydrogen (secondary N) is 1. The van der Waals surface area contributed by atoms with E-state index in [1.807, 2.05) is 32.0 Å². The van der Waals surface area contributed by atoms with Gasteiger partial charge in [0, 0.05) is 5.69 Å². The number of hydrogen-bond donors (Lipinski definition) is 2. The van der Waals surface area contributed by atoms with E-state index in [0.29, 0.717) is 0 Å². The van der Waals surface area contributed by atoms with Crippen molar-refractivity contribution in [3.63, 3.8) is 0 Å². The number of hydrogen-bond acceptors (Lipinski definition) is 3. The molecule has 0 fully saturated rings. The average molecular weight is 295 g/mol. The molecule has 0 spiro atoms. The Bertz CT molecular complexity index is 526. The summed E-state index contributed by atoms with van der Waals surface area (Å²) in [5.41, 5.74) is 2.83. The van der Waals surface area contributed by atoms with E-state index in [-0.39, 0.29) is 5.91 Å². The lowest BCUT2D eigenvalue weighted by Gasteiger charge is -2.23. The number of carbonyl (C=O) groups excluding carboxylic acids is 1. The Morgan fingerprint density at radius 2 is 1.90 bits per heavy atom. The lowest BCUT2D eigenvalue weighted by molar-refractivity contribution is -0.138. The second-order valence-electron chi connectivity index (χ2n) is 5.38. The third kappa shape index (κ3) is 4.27. The van der Waals surface area contributed by atoms with Gasteiger partial charge >= 0.3 is 5.97 Å². The summed E-state index contributed by atoms with van der Waals surface area (Å²) in [6.07, 6.45) is 0. The van der Waals surface area contributed by atoms with Crippen molar-refractivity contribution in [1.82, 2.24) is 0 Å². The number of rotatable bonds is 5. The number of thioether (sulfide) groups is 1. The summed E-state index contributed by atoms with van der Waals surface area (Å²) in [6, 6.07) is 5.84. The molecule has 0 radical (unpaired) electrons. The molecule has 1 aromatic carbocycles. The smallest absolute Gasteiger partial charge is 0.319 e. The van der Waals surface area contributed by atoms with Gasteiger partial charge in [-0.15, -0.1) is 11.8 Å². The first-order valence-corrected chi connectivity index (χ1v) is 7.31. The monoisotopic (exact) mass is 295 g/mol. The Kier molecular flexibility index (Phi) is 5.22. The number of aliphatic carboxylic acids is 1. The zero-order valence-corrected chi connectivity index (χ0v) is 13.3. The Hall–Kier alpha value is -1.49. The lowest BCUT2D eigenvalue weighted by atomic mass is 10.1. The molecule has 2 N–H and O–H groups in total. The minimum absolute atomic E-state index is 0.182. The largest absolute Gasteiger partial charge is 0.480 e. The van der Waals surface area contributed by atoms with Crippen LogP contribution in [0.2, 0.25) is 0 Å². The molecule has 1 atom stereocenters. The number of carbonyl (C=O) groups is 2. The molecule has 5 heteroatoms. The predicted octanol–water partition coefficient (Wildman–Crippen LogP) is 3.23. The molecule has 0 saturated carbocycles. The van der Waals surface area contributed by atoms with E-state index in [0.717, 1.165) is 28.6 Å². The van der Waals surface area contributed by atoms with E-state index in [2.05, 4.69) is 5.32 Å². The third-order valence-corrected chi connectivity index (χ3v) is 4.34. The van der Waals surface area contributed by atoms with Crippen molar-refractivity contribution in [2.75, 3.05) is 5.32 Å². The maximum absolute atomic E-state index is 12.2. The zero-order chi connectivity index (χ0) is 15.5. The van der Waals surface area contributed by atoms with Gasteiger partial charge in [0.1, 0.15) is 4.75 Å². The summed E-state index contributed by atoms with van der Waals surface area (Å²) < 4.78 is -0.988. The summed E-state index contributed by atoms with van der Waals surface area (Å²) in [4.78, 5) is 23.2. The first-order chi connectivity index (χ1) is 9.13. The number of carboxylic acid groups (broad SMARTS) is 1. The van der Waals surface area contributed by atoms with Gasteiger partial charge < -0.3 is 10.4 Å². The Morgan fingerprint density at radius 1 is 1.30 bits per heavy atom. The highest BCUT2D eigenvalue weighted by Crippen LogP contribution is 2.30. The van der Waals surface area contributed by atoms with Gasteiger partial charge in [-0.3, -0.25) is 9.59 Å². The van der Waals surface area contributed by atoms with Crippen molar-refractivity contribution in [1.29, 1.82) is 0 Å². The third-order valence-electron chi connectivity index (χ3n) is 3.01. The molecule has 110 valence electrons. The fourth-order valence-corrected chi connectivity index (χ4v) is 2.80. The van der Waals surface area contributed by atoms with Crippen LogP contribution in [0.4, 0.5) is 5.69 Å². The van der Waals surface area contributed by atoms with Crippen LogP contribution in [0.3, 0.4) is 0 Å². The molecule has 0 aromatic heterocycles. The molecule has 1 aromatic rings. The maximum Gasteiger partial charge on any atom is 0.319 e. The van der Waals surface area contributed by atoms with Crippen LogP contribution in [0.25, 0.3) is 0 Å². The highest BCUT2D eigenvalue weighted by molar-refractivity contribution is 8.02. The highest BCUT2D eigenvalue weighted by atomic mass is 32.2. The highest BCUT2D eigenvalue weighted by Gasteiger charge is 2.32. The van der Waals surface area contributed by atoms with Crippen LogP contribution in [-0.4, -0.2) is 27.0 Å². The van der Waals surface area contributed by atoms with Crippen molar-refractivity contribution in [2.24, 2.45) is 0 Å². The summed E-state index contributed by atoms with van der Waals surface area (Å²) in [5.74, 6) is -1.10. The molecule has 1 rings (SSSR count). The summed E-state index contributed by atoms with van der Waals surface area (Å²) in [6.45, 7) is 8.80. The molecule has 0 aliphatic rings. The molecule has 0 aliphatic carbocycles.